The number of hydrogen-bond donors (Lipinski definition) is 0. The summed E-state index contributed by atoms with van der Waals surface area (Å²) >= 11 is 0. The molecule has 0 radical (unpaired) electrons. The predicted octanol–water partition coefficient (Wildman–Crippen LogP) is 2.96. The molecule has 0 saturated carbocycles. The summed E-state index contributed by atoms with van der Waals surface area (Å²) in [5, 5.41) is 3.72. The zero-order chi connectivity index (χ0) is 17.3. The van der Waals surface area contributed by atoms with E-state index in [0.29, 0.717) is 31.2 Å². The summed E-state index contributed by atoms with van der Waals surface area (Å²) in [5.41, 5.74) is -0.770. The number of hydrogen-bond acceptors (Lipinski definition) is 4. The summed E-state index contributed by atoms with van der Waals surface area (Å²) in [7, 11) is 0. The third-order valence-electron chi connectivity index (χ3n) is 4.10. The van der Waals surface area contributed by atoms with E-state index in [2.05, 4.69) is 10.1 Å². The third kappa shape index (κ3) is 3.42. The summed E-state index contributed by atoms with van der Waals surface area (Å²) in [6.45, 7) is 2.56. The molecule has 1 saturated heterocycles. The van der Waals surface area contributed by atoms with E-state index in [9.17, 15) is 18.0 Å². The van der Waals surface area contributed by atoms with Gasteiger partial charge in [0, 0.05) is 13.1 Å². The van der Waals surface area contributed by atoms with Crippen molar-refractivity contribution in [2.24, 2.45) is 0 Å². The fourth-order valence-corrected chi connectivity index (χ4v) is 2.89. The molecular weight excluding hydrogens is 323 g/mol. The van der Waals surface area contributed by atoms with Crippen molar-refractivity contribution in [3.63, 3.8) is 0 Å². The SMILES string of the molecule is Cc1noc([C@H]2CCN(C(=O)Cc3ccccc3C(F)(F)F)C2)n1. The molecule has 0 bridgehead atoms. The Bertz CT molecular complexity index is 742. The Hall–Kier alpha value is -2.38. The zero-order valence-corrected chi connectivity index (χ0v) is 13.0. The molecule has 24 heavy (non-hydrogen) atoms. The fraction of sp³-hybridized carbons (Fsp3) is 0.438. The summed E-state index contributed by atoms with van der Waals surface area (Å²) < 4.78 is 44.1. The molecule has 1 amide bonds. The van der Waals surface area contributed by atoms with Gasteiger partial charge < -0.3 is 9.42 Å². The Morgan fingerprint density at radius 3 is 2.79 bits per heavy atom. The van der Waals surface area contributed by atoms with Gasteiger partial charge in [-0.3, -0.25) is 4.79 Å². The summed E-state index contributed by atoms with van der Waals surface area (Å²) in [5.74, 6) is 0.603. The van der Waals surface area contributed by atoms with Crippen molar-refractivity contribution in [1.82, 2.24) is 15.0 Å². The van der Waals surface area contributed by atoms with Gasteiger partial charge in [-0.1, -0.05) is 23.4 Å². The smallest absolute Gasteiger partial charge is 0.342 e. The number of carbonyl (C=O) groups is 1. The predicted molar refractivity (Wildman–Crippen MR) is 78.1 cm³/mol. The molecule has 3 rings (SSSR count). The molecule has 0 aliphatic carbocycles. The topological polar surface area (TPSA) is 59.2 Å². The van der Waals surface area contributed by atoms with Gasteiger partial charge in [-0.25, -0.2) is 0 Å². The van der Waals surface area contributed by atoms with Crippen molar-refractivity contribution >= 4 is 5.91 Å². The van der Waals surface area contributed by atoms with Gasteiger partial charge >= 0.3 is 6.18 Å². The van der Waals surface area contributed by atoms with Crippen LogP contribution >= 0.6 is 0 Å². The van der Waals surface area contributed by atoms with Crippen molar-refractivity contribution in [1.29, 1.82) is 0 Å². The first-order valence-electron chi connectivity index (χ1n) is 7.57. The van der Waals surface area contributed by atoms with Crippen LogP contribution in [0.5, 0.6) is 0 Å². The second kappa shape index (κ2) is 6.26. The lowest BCUT2D eigenvalue weighted by Gasteiger charge is -2.18. The summed E-state index contributed by atoms with van der Waals surface area (Å²) in [6.07, 6.45) is -4.08. The van der Waals surface area contributed by atoms with Crippen LogP contribution in [0.4, 0.5) is 13.2 Å². The van der Waals surface area contributed by atoms with Gasteiger partial charge in [0.15, 0.2) is 5.82 Å². The minimum Gasteiger partial charge on any atom is -0.342 e. The Morgan fingerprint density at radius 2 is 2.12 bits per heavy atom. The minimum absolute atomic E-state index is 0.00733. The number of amides is 1. The van der Waals surface area contributed by atoms with Crippen molar-refractivity contribution in [3.05, 3.63) is 47.1 Å². The van der Waals surface area contributed by atoms with Gasteiger partial charge in [0.1, 0.15) is 0 Å². The summed E-state index contributed by atoms with van der Waals surface area (Å²) in [4.78, 5) is 18.1. The normalized spacial score (nSPS) is 18.2. The molecular formula is C16H16F3N3O2. The van der Waals surface area contributed by atoms with E-state index < -0.39 is 11.7 Å². The molecule has 1 aliphatic rings. The lowest BCUT2D eigenvalue weighted by molar-refractivity contribution is -0.138. The first-order chi connectivity index (χ1) is 11.3. The first kappa shape index (κ1) is 16.5. The Labute approximate surface area is 136 Å². The van der Waals surface area contributed by atoms with Crippen LogP contribution in [0.25, 0.3) is 0 Å². The standard InChI is InChI=1S/C16H16F3N3O2/c1-10-20-15(24-21-10)12-6-7-22(9-12)14(23)8-11-4-2-3-5-13(11)16(17,18)19/h2-5,12H,6-9H2,1H3/t12-/m0/s1. The van der Waals surface area contributed by atoms with Crippen LogP contribution in [0, 0.1) is 6.92 Å². The van der Waals surface area contributed by atoms with Crippen LogP contribution in [0.2, 0.25) is 0 Å². The van der Waals surface area contributed by atoms with E-state index in [-0.39, 0.29) is 23.8 Å². The fourth-order valence-electron chi connectivity index (χ4n) is 2.89. The number of aromatic nitrogens is 2. The second-order valence-corrected chi connectivity index (χ2v) is 5.84. The van der Waals surface area contributed by atoms with Gasteiger partial charge in [0.05, 0.1) is 17.9 Å². The van der Waals surface area contributed by atoms with E-state index in [1.807, 2.05) is 0 Å². The van der Waals surface area contributed by atoms with E-state index in [1.54, 1.807) is 11.8 Å². The number of halogens is 3. The van der Waals surface area contributed by atoms with Gasteiger partial charge in [0.25, 0.3) is 0 Å². The molecule has 1 aromatic heterocycles. The highest BCUT2D eigenvalue weighted by Crippen LogP contribution is 2.33. The molecule has 1 atom stereocenters. The van der Waals surface area contributed by atoms with Gasteiger partial charge in [-0.2, -0.15) is 18.2 Å². The molecule has 2 heterocycles. The van der Waals surface area contributed by atoms with E-state index in [1.165, 1.54) is 18.2 Å². The molecule has 1 aromatic carbocycles. The molecule has 5 nitrogen and oxygen atoms in total. The maximum Gasteiger partial charge on any atom is 0.416 e. The number of benzene rings is 1. The number of aryl methyl sites for hydroxylation is 1. The van der Waals surface area contributed by atoms with Crippen molar-refractivity contribution in [2.45, 2.75) is 31.9 Å². The Morgan fingerprint density at radius 1 is 1.38 bits per heavy atom. The molecule has 1 fully saturated rings. The molecule has 0 unspecified atom stereocenters. The van der Waals surface area contributed by atoms with Crippen molar-refractivity contribution < 1.29 is 22.5 Å². The number of rotatable bonds is 3. The highest BCUT2D eigenvalue weighted by atomic mass is 19.4. The number of likely N-dealkylation sites (tertiary alicyclic amines) is 1. The Kier molecular flexibility index (Phi) is 4.29. The third-order valence-corrected chi connectivity index (χ3v) is 4.10. The maximum absolute atomic E-state index is 13.0. The average Bonchev–Trinajstić information content (AvgIpc) is 3.15. The highest BCUT2D eigenvalue weighted by Gasteiger charge is 2.35. The van der Waals surface area contributed by atoms with Gasteiger partial charge in [-0.05, 0) is 25.0 Å². The molecule has 2 aromatic rings. The quantitative estimate of drug-likeness (QED) is 0.863. The second-order valence-electron chi connectivity index (χ2n) is 5.84. The average molecular weight is 339 g/mol. The van der Waals surface area contributed by atoms with E-state index >= 15 is 0 Å². The molecule has 8 heteroatoms. The zero-order valence-electron chi connectivity index (χ0n) is 13.0. The highest BCUT2D eigenvalue weighted by molar-refractivity contribution is 5.79. The van der Waals surface area contributed by atoms with Gasteiger partial charge in [0.2, 0.25) is 11.8 Å². The number of carbonyl (C=O) groups excluding carboxylic acids is 1. The maximum atomic E-state index is 13.0. The minimum atomic E-state index is -4.47. The van der Waals surface area contributed by atoms with Crippen LogP contribution in [0.1, 0.15) is 35.2 Å². The molecule has 128 valence electrons. The van der Waals surface area contributed by atoms with Crippen LogP contribution in [0.15, 0.2) is 28.8 Å². The monoisotopic (exact) mass is 339 g/mol. The van der Waals surface area contributed by atoms with Crippen LogP contribution in [-0.2, 0) is 17.4 Å². The first-order valence-corrected chi connectivity index (χ1v) is 7.57. The van der Waals surface area contributed by atoms with Crippen LogP contribution in [0.3, 0.4) is 0 Å². The van der Waals surface area contributed by atoms with E-state index in [0.717, 1.165) is 6.07 Å². The lowest BCUT2D eigenvalue weighted by Crippen LogP contribution is -2.30. The van der Waals surface area contributed by atoms with Crippen LogP contribution < -0.4 is 0 Å². The summed E-state index contributed by atoms with van der Waals surface area (Å²) in [6, 6.07) is 5.17. The largest absolute Gasteiger partial charge is 0.416 e. The van der Waals surface area contributed by atoms with Crippen molar-refractivity contribution in [2.75, 3.05) is 13.1 Å². The van der Waals surface area contributed by atoms with Crippen molar-refractivity contribution in [3.8, 4) is 0 Å². The number of alkyl halides is 3. The van der Waals surface area contributed by atoms with Crippen LogP contribution in [-0.4, -0.2) is 34.0 Å². The van der Waals surface area contributed by atoms with E-state index in [4.69, 9.17) is 4.52 Å². The molecule has 0 spiro atoms. The van der Waals surface area contributed by atoms with Gasteiger partial charge in [-0.15, -0.1) is 0 Å². The molecule has 1 aliphatic heterocycles. The lowest BCUT2D eigenvalue weighted by atomic mass is 10.0. The number of nitrogens with zero attached hydrogens (tertiary/aromatic N) is 3. The Balaban J connectivity index is 1.69. The molecule has 0 N–H and O–H groups in total.